The SMILES string of the molecule is O=c1c(Br)c[nH]cc1CO. The molecule has 54 valence electrons. The van der Waals surface area contributed by atoms with Gasteiger partial charge in [-0.3, -0.25) is 4.79 Å². The third kappa shape index (κ3) is 1.27. The number of aliphatic hydroxyl groups is 1. The number of aromatic nitrogens is 1. The van der Waals surface area contributed by atoms with E-state index < -0.39 is 0 Å². The van der Waals surface area contributed by atoms with Gasteiger partial charge in [-0.15, -0.1) is 0 Å². The molecule has 0 aromatic carbocycles. The summed E-state index contributed by atoms with van der Waals surface area (Å²) in [6.07, 6.45) is 3.01. The third-order valence-corrected chi connectivity index (χ3v) is 1.74. The Hall–Kier alpha value is -0.610. The van der Waals surface area contributed by atoms with Crippen LogP contribution >= 0.6 is 15.9 Å². The highest BCUT2D eigenvalue weighted by Gasteiger charge is 1.99. The van der Waals surface area contributed by atoms with Gasteiger partial charge in [0.15, 0.2) is 0 Å². The Labute approximate surface area is 65.8 Å². The molecular formula is C6H6BrNO2. The number of H-pyrrole nitrogens is 1. The fourth-order valence-electron chi connectivity index (χ4n) is 0.617. The molecule has 0 atom stereocenters. The van der Waals surface area contributed by atoms with Crippen molar-refractivity contribution in [3.63, 3.8) is 0 Å². The minimum Gasteiger partial charge on any atom is -0.391 e. The van der Waals surface area contributed by atoms with Gasteiger partial charge in [0, 0.05) is 18.0 Å². The van der Waals surface area contributed by atoms with Gasteiger partial charge in [0.05, 0.1) is 11.1 Å². The molecule has 0 aliphatic rings. The Balaban J connectivity index is 3.28. The average molecular weight is 204 g/mol. The second-order valence-electron chi connectivity index (χ2n) is 1.82. The van der Waals surface area contributed by atoms with Crippen LogP contribution in [0.25, 0.3) is 0 Å². The zero-order valence-corrected chi connectivity index (χ0v) is 6.68. The van der Waals surface area contributed by atoms with Crippen LogP contribution in [0.1, 0.15) is 5.56 Å². The van der Waals surface area contributed by atoms with E-state index in [1.54, 1.807) is 0 Å². The molecule has 0 aliphatic carbocycles. The second kappa shape index (κ2) is 2.98. The zero-order chi connectivity index (χ0) is 7.56. The van der Waals surface area contributed by atoms with E-state index in [-0.39, 0.29) is 12.0 Å². The summed E-state index contributed by atoms with van der Waals surface area (Å²) < 4.78 is 0.444. The zero-order valence-electron chi connectivity index (χ0n) is 5.10. The smallest absolute Gasteiger partial charge is 0.201 e. The monoisotopic (exact) mass is 203 g/mol. The molecule has 0 fully saturated rings. The summed E-state index contributed by atoms with van der Waals surface area (Å²) in [5, 5.41) is 8.60. The van der Waals surface area contributed by atoms with Gasteiger partial charge >= 0.3 is 0 Å². The number of aromatic amines is 1. The predicted molar refractivity (Wildman–Crippen MR) is 40.7 cm³/mol. The van der Waals surface area contributed by atoms with Crippen LogP contribution in [0.2, 0.25) is 0 Å². The average Bonchev–Trinajstić information content (AvgIpc) is 1.95. The highest BCUT2D eigenvalue weighted by Crippen LogP contribution is 2.00. The molecule has 3 nitrogen and oxygen atoms in total. The maximum atomic E-state index is 11.0. The van der Waals surface area contributed by atoms with Crippen molar-refractivity contribution in [2.75, 3.05) is 0 Å². The summed E-state index contributed by atoms with van der Waals surface area (Å²) in [7, 11) is 0. The minimum atomic E-state index is -0.227. The van der Waals surface area contributed by atoms with Gasteiger partial charge in [-0.2, -0.15) is 0 Å². The summed E-state index contributed by atoms with van der Waals surface area (Å²) in [6, 6.07) is 0. The molecule has 0 unspecified atom stereocenters. The normalized spacial score (nSPS) is 9.80. The number of nitrogens with one attached hydrogen (secondary N) is 1. The quantitative estimate of drug-likeness (QED) is 0.704. The van der Waals surface area contributed by atoms with Gasteiger partial charge in [-0.05, 0) is 15.9 Å². The molecule has 0 spiro atoms. The van der Waals surface area contributed by atoms with Crippen molar-refractivity contribution in [1.82, 2.24) is 4.98 Å². The third-order valence-electron chi connectivity index (χ3n) is 1.15. The van der Waals surface area contributed by atoms with Crippen molar-refractivity contribution >= 4 is 15.9 Å². The van der Waals surface area contributed by atoms with Gasteiger partial charge in [0.1, 0.15) is 0 Å². The highest BCUT2D eigenvalue weighted by atomic mass is 79.9. The van der Waals surface area contributed by atoms with Gasteiger partial charge < -0.3 is 10.1 Å². The number of aliphatic hydroxyl groups excluding tert-OH is 1. The molecule has 0 saturated carbocycles. The Bertz CT molecular complexity index is 281. The summed E-state index contributed by atoms with van der Waals surface area (Å²) in [4.78, 5) is 13.7. The molecule has 1 heterocycles. The first kappa shape index (κ1) is 7.50. The lowest BCUT2D eigenvalue weighted by molar-refractivity contribution is 0.280. The van der Waals surface area contributed by atoms with Crippen LogP contribution in [0.15, 0.2) is 21.7 Å². The van der Waals surface area contributed by atoms with Crippen LogP contribution in [0, 0.1) is 0 Å². The molecule has 2 N–H and O–H groups in total. The molecule has 4 heteroatoms. The highest BCUT2D eigenvalue weighted by molar-refractivity contribution is 9.10. The number of rotatable bonds is 1. The van der Waals surface area contributed by atoms with Crippen molar-refractivity contribution in [2.45, 2.75) is 6.61 Å². The maximum Gasteiger partial charge on any atom is 0.201 e. The predicted octanol–water partition coefficient (Wildman–Crippen LogP) is 0.630. The van der Waals surface area contributed by atoms with E-state index in [4.69, 9.17) is 5.11 Å². The summed E-state index contributed by atoms with van der Waals surface area (Å²) in [6.45, 7) is -0.227. The van der Waals surface area contributed by atoms with Crippen molar-refractivity contribution < 1.29 is 5.11 Å². The Morgan fingerprint density at radius 3 is 2.80 bits per heavy atom. The van der Waals surface area contributed by atoms with Crippen LogP contribution in [0.4, 0.5) is 0 Å². The van der Waals surface area contributed by atoms with Crippen LogP contribution in [0.5, 0.6) is 0 Å². The minimum absolute atomic E-state index is 0.166. The lowest BCUT2D eigenvalue weighted by Crippen LogP contribution is -2.09. The largest absolute Gasteiger partial charge is 0.391 e. The van der Waals surface area contributed by atoms with Crippen LogP contribution in [-0.4, -0.2) is 10.1 Å². The van der Waals surface area contributed by atoms with Gasteiger partial charge in [-0.25, -0.2) is 0 Å². The standard InChI is InChI=1S/C6H6BrNO2/c7-5-2-8-1-4(3-9)6(5)10/h1-2,9H,3H2,(H,8,10). The van der Waals surface area contributed by atoms with E-state index in [0.29, 0.717) is 10.0 Å². The van der Waals surface area contributed by atoms with E-state index in [9.17, 15) is 4.79 Å². The fraction of sp³-hybridized carbons (Fsp3) is 0.167. The number of pyridine rings is 1. The molecule has 0 radical (unpaired) electrons. The summed E-state index contributed by atoms with van der Waals surface area (Å²) >= 11 is 3.03. The lowest BCUT2D eigenvalue weighted by atomic mass is 10.3. The fourth-order valence-corrected chi connectivity index (χ4v) is 1.00. The number of hydrogen-bond donors (Lipinski definition) is 2. The summed E-state index contributed by atoms with van der Waals surface area (Å²) in [5.41, 5.74) is 0.204. The van der Waals surface area contributed by atoms with Crippen molar-refractivity contribution in [3.8, 4) is 0 Å². The Morgan fingerprint density at radius 2 is 2.30 bits per heavy atom. The van der Waals surface area contributed by atoms with Gasteiger partial charge in [0.2, 0.25) is 5.43 Å². The first-order valence-electron chi connectivity index (χ1n) is 2.72. The molecule has 10 heavy (non-hydrogen) atoms. The number of halogens is 1. The molecule has 1 aromatic rings. The van der Waals surface area contributed by atoms with E-state index in [1.807, 2.05) is 0 Å². The lowest BCUT2D eigenvalue weighted by Gasteiger charge is -1.93. The molecule has 1 rings (SSSR count). The van der Waals surface area contributed by atoms with Crippen molar-refractivity contribution in [1.29, 1.82) is 0 Å². The first-order chi connectivity index (χ1) is 4.75. The summed E-state index contributed by atoms with van der Waals surface area (Å²) in [5.74, 6) is 0. The first-order valence-corrected chi connectivity index (χ1v) is 3.51. The topological polar surface area (TPSA) is 53.1 Å². The maximum absolute atomic E-state index is 11.0. The molecule has 1 aromatic heterocycles. The molecular weight excluding hydrogens is 198 g/mol. The van der Waals surface area contributed by atoms with Crippen LogP contribution in [0.3, 0.4) is 0 Å². The Morgan fingerprint density at radius 1 is 1.60 bits per heavy atom. The van der Waals surface area contributed by atoms with Crippen molar-refractivity contribution in [2.24, 2.45) is 0 Å². The van der Waals surface area contributed by atoms with Gasteiger partial charge in [-0.1, -0.05) is 0 Å². The molecule has 0 amide bonds. The van der Waals surface area contributed by atoms with Gasteiger partial charge in [0.25, 0.3) is 0 Å². The van der Waals surface area contributed by atoms with E-state index in [2.05, 4.69) is 20.9 Å². The molecule has 0 aliphatic heterocycles. The van der Waals surface area contributed by atoms with E-state index >= 15 is 0 Å². The van der Waals surface area contributed by atoms with Crippen LogP contribution < -0.4 is 5.43 Å². The molecule has 0 bridgehead atoms. The number of hydrogen-bond acceptors (Lipinski definition) is 2. The van der Waals surface area contributed by atoms with Crippen molar-refractivity contribution in [3.05, 3.63) is 32.7 Å². The Kier molecular flexibility index (Phi) is 2.24. The van der Waals surface area contributed by atoms with E-state index in [1.165, 1.54) is 12.4 Å². The van der Waals surface area contributed by atoms with Crippen LogP contribution in [-0.2, 0) is 6.61 Å². The van der Waals surface area contributed by atoms with E-state index in [0.717, 1.165) is 0 Å². The second-order valence-corrected chi connectivity index (χ2v) is 2.67. The molecule has 0 saturated heterocycles.